The van der Waals surface area contributed by atoms with E-state index < -0.39 is 23.2 Å². The van der Waals surface area contributed by atoms with E-state index in [1.54, 1.807) is 32.9 Å². The van der Waals surface area contributed by atoms with Gasteiger partial charge in [-0.25, -0.2) is 9.18 Å². The number of hydrogen-bond acceptors (Lipinski definition) is 4. The number of fused-ring (bicyclic) bond motifs is 1. The van der Waals surface area contributed by atoms with Crippen molar-refractivity contribution in [2.75, 3.05) is 13.2 Å². The molecule has 2 aromatic carbocycles. The molecular formula is C24H27FN2O4. The zero-order valence-electron chi connectivity index (χ0n) is 17.9. The first kappa shape index (κ1) is 21.3. The first-order chi connectivity index (χ1) is 14.7. The minimum absolute atomic E-state index is 0.195. The molecule has 0 unspecified atom stereocenters. The number of hydrogen-bond donors (Lipinski definition) is 2. The molecule has 2 atom stereocenters. The van der Waals surface area contributed by atoms with Crippen LogP contribution < -0.4 is 10.6 Å². The van der Waals surface area contributed by atoms with Gasteiger partial charge >= 0.3 is 6.09 Å². The van der Waals surface area contributed by atoms with Crippen molar-refractivity contribution in [1.29, 1.82) is 0 Å². The summed E-state index contributed by atoms with van der Waals surface area (Å²) in [6.45, 7) is 5.87. The Labute approximate surface area is 181 Å². The molecule has 1 heterocycles. The second-order valence-electron chi connectivity index (χ2n) is 9.19. The molecule has 1 saturated heterocycles. The van der Waals surface area contributed by atoms with Gasteiger partial charge in [0.2, 0.25) is 5.91 Å². The van der Waals surface area contributed by atoms with Gasteiger partial charge in [0.1, 0.15) is 16.8 Å². The number of halogens is 1. The summed E-state index contributed by atoms with van der Waals surface area (Å²) in [7, 11) is 0. The lowest BCUT2D eigenvalue weighted by Crippen LogP contribution is -2.60. The van der Waals surface area contributed by atoms with E-state index >= 15 is 0 Å². The van der Waals surface area contributed by atoms with E-state index in [-0.39, 0.29) is 31.0 Å². The van der Waals surface area contributed by atoms with Crippen LogP contribution in [-0.2, 0) is 26.1 Å². The maximum absolute atomic E-state index is 13.4. The van der Waals surface area contributed by atoms with Crippen molar-refractivity contribution in [2.45, 2.75) is 50.3 Å². The lowest BCUT2D eigenvalue weighted by atomic mass is 9.77. The van der Waals surface area contributed by atoms with Crippen LogP contribution in [0.15, 0.2) is 48.5 Å². The first-order valence-electron chi connectivity index (χ1n) is 10.4. The third-order valence-electron chi connectivity index (χ3n) is 5.75. The maximum Gasteiger partial charge on any atom is 0.408 e. The lowest BCUT2D eigenvalue weighted by molar-refractivity contribution is -0.146. The Morgan fingerprint density at radius 3 is 2.35 bits per heavy atom. The number of carbonyl (C=O) groups excluding carboxylic acids is 2. The highest BCUT2D eigenvalue weighted by Gasteiger charge is 2.49. The second-order valence-corrected chi connectivity index (χ2v) is 9.19. The number of nitrogens with one attached hydrogen (secondary N) is 2. The van der Waals surface area contributed by atoms with Gasteiger partial charge in [-0.15, -0.1) is 0 Å². The van der Waals surface area contributed by atoms with Gasteiger partial charge in [-0.3, -0.25) is 4.79 Å². The molecule has 0 spiro atoms. The number of rotatable bonds is 4. The van der Waals surface area contributed by atoms with E-state index in [0.29, 0.717) is 12.0 Å². The van der Waals surface area contributed by atoms with Crippen LogP contribution in [-0.4, -0.2) is 36.9 Å². The molecule has 7 heteroatoms. The largest absolute Gasteiger partial charge is 0.444 e. The third kappa shape index (κ3) is 4.28. The van der Waals surface area contributed by atoms with Crippen LogP contribution in [0.5, 0.6) is 0 Å². The Morgan fingerprint density at radius 2 is 1.74 bits per heavy atom. The normalized spacial score (nSPS) is 21.5. The molecule has 2 amide bonds. The van der Waals surface area contributed by atoms with Crippen molar-refractivity contribution in [3.05, 3.63) is 71.0 Å². The fourth-order valence-corrected chi connectivity index (χ4v) is 4.15. The van der Waals surface area contributed by atoms with E-state index in [1.807, 2.05) is 24.3 Å². The molecule has 164 valence electrons. The van der Waals surface area contributed by atoms with Crippen LogP contribution in [0.25, 0.3) is 0 Å². The maximum atomic E-state index is 13.4. The van der Waals surface area contributed by atoms with Crippen molar-refractivity contribution in [3.63, 3.8) is 0 Å². The Hall–Kier alpha value is -2.93. The van der Waals surface area contributed by atoms with Crippen LogP contribution in [0.3, 0.4) is 0 Å². The molecular weight excluding hydrogens is 399 g/mol. The minimum Gasteiger partial charge on any atom is -0.444 e. The van der Waals surface area contributed by atoms with Crippen LogP contribution >= 0.6 is 0 Å². The summed E-state index contributed by atoms with van der Waals surface area (Å²) in [6.07, 6.45) is 0.0524. The molecule has 1 aliphatic carbocycles. The molecule has 31 heavy (non-hydrogen) atoms. The monoisotopic (exact) mass is 426 g/mol. The second kappa shape index (κ2) is 7.96. The zero-order valence-corrected chi connectivity index (χ0v) is 17.9. The Bertz CT molecular complexity index is 980. The summed E-state index contributed by atoms with van der Waals surface area (Å²) < 4.78 is 24.2. The van der Waals surface area contributed by atoms with Gasteiger partial charge in [0, 0.05) is 0 Å². The van der Waals surface area contributed by atoms with Gasteiger partial charge < -0.3 is 20.1 Å². The Kier molecular flexibility index (Phi) is 5.47. The number of benzene rings is 2. The summed E-state index contributed by atoms with van der Waals surface area (Å²) in [6, 6.07) is 13.0. The summed E-state index contributed by atoms with van der Waals surface area (Å²) in [5, 5.41) is 6.04. The average molecular weight is 426 g/mol. The van der Waals surface area contributed by atoms with Gasteiger partial charge in [0.25, 0.3) is 0 Å². The Morgan fingerprint density at radius 1 is 1.06 bits per heavy atom. The van der Waals surface area contributed by atoms with E-state index in [0.717, 1.165) is 11.1 Å². The highest BCUT2D eigenvalue weighted by molar-refractivity contribution is 5.90. The summed E-state index contributed by atoms with van der Waals surface area (Å²) in [5.41, 5.74) is 1.24. The average Bonchev–Trinajstić information content (AvgIpc) is 2.98. The molecule has 0 saturated carbocycles. The minimum atomic E-state index is -0.862. The van der Waals surface area contributed by atoms with Crippen LogP contribution in [0.4, 0.5) is 9.18 Å². The molecule has 4 rings (SSSR count). The van der Waals surface area contributed by atoms with Gasteiger partial charge in [-0.2, -0.15) is 0 Å². The van der Waals surface area contributed by atoms with Gasteiger partial charge in [-0.05, 0) is 56.0 Å². The summed E-state index contributed by atoms with van der Waals surface area (Å²) in [5.74, 6) is -0.549. The number of amides is 2. The summed E-state index contributed by atoms with van der Waals surface area (Å²) in [4.78, 5) is 25.8. The Balaban J connectivity index is 1.55. The fraction of sp³-hybridized carbons (Fsp3) is 0.417. The lowest BCUT2D eigenvalue weighted by Gasteiger charge is -2.41. The van der Waals surface area contributed by atoms with Crippen LogP contribution in [0.2, 0.25) is 0 Å². The summed E-state index contributed by atoms with van der Waals surface area (Å²) >= 11 is 0. The van der Waals surface area contributed by atoms with E-state index in [1.165, 1.54) is 12.1 Å². The van der Waals surface area contributed by atoms with E-state index in [2.05, 4.69) is 10.6 Å². The topological polar surface area (TPSA) is 76.7 Å². The van der Waals surface area contributed by atoms with Crippen molar-refractivity contribution in [1.82, 2.24) is 10.6 Å². The highest BCUT2D eigenvalue weighted by Crippen LogP contribution is 2.36. The van der Waals surface area contributed by atoms with Gasteiger partial charge in [0.05, 0.1) is 25.3 Å². The van der Waals surface area contributed by atoms with Crippen molar-refractivity contribution < 1.29 is 23.5 Å². The van der Waals surface area contributed by atoms with Crippen LogP contribution in [0.1, 0.15) is 43.5 Å². The number of alkyl carbamates (subject to hydrolysis) is 1. The number of carbonyl (C=O) groups is 2. The molecule has 2 N–H and O–H groups in total. The van der Waals surface area contributed by atoms with E-state index in [4.69, 9.17) is 9.47 Å². The van der Waals surface area contributed by atoms with Crippen LogP contribution in [0, 0.1) is 5.82 Å². The predicted molar refractivity (Wildman–Crippen MR) is 113 cm³/mol. The molecule has 0 bridgehead atoms. The molecule has 6 nitrogen and oxygen atoms in total. The SMILES string of the molecule is CC(C)(C)OC(=O)N[C@H]1c2ccccc2C[C@@H]1NC(=O)C1(c2ccc(F)cc2)COC1. The molecule has 2 aliphatic rings. The smallest absolute Gasteiger partial charge is 0.408 e. The third-order valence-corrected chi connectivity index (χ3v) is 5.75. The molecule has 1 aliphatic heterocycles. The molecule has 2 aromatic rings. The molecule has 0 radical (unpaired) electrons. The zero-order chi connectivity index (χ0) is 22.2. The van der Waals surface area contributed by atoms with Crippen molar-refractivity contribution in [3.8, 4) is 0 Å². The quantitative estimate of drug-likeness (QED) is 0.786. The predicted octanol–water partition coefficient (Wildman–Crippen LogP) is 3.40. The standard InChI is InChI=1S/C24H27FN2O4/c1-23(2,3)31-22(29)27-20-18-7-5-4-6-15(18)12-19(20)26-21(28)24(13-30-14-24)16-8-10-17(25)11-9-16/h4-11,19-20H,12-14H2,1-3H3,(H,26,28)(H,27,29)/t19-,20-/m0/s1. The van der Waals surface area contributed by atoms with Crippen molar-refractivity contribution in [2.24, 2.45) is 0 Å². The molecule has 1 fully saturated rings. The van der Waals surface area contributed by atoms with E-state index in [9.17, 15) is 14.0 Å². The highest BCUT2D eigenvalue weighted by atomic mass is 19.1. The fourth-order valence-electron chi connectivity index (χ4n) is 4.15. The molecule has 0 aromatic heterocycles. The van der Waals surface area contributed by atoms with Gasteiger partial charge in [0.15, 0.2) is 0 Å². The first-order valence-corrected chi connectivity index (χ1v) is 10.4. The number of ether oxygens (including phenoxy) is 2. The van der Waals surface area contributed by atoms with Gasteiger partial charge in [-0.1, -0.05) is 36.4 Å². The van der Waals surface area contributed by atoms with Crippen molar-refractivity contribution >= 4 is 12.0 Å².